The molecule has 1 aromatic heterocycles. The summed E-state index contributed by atoms with van der Waals surface area (Å²) in [5.74, 6) is 0. The van der Waals surface area contributed by atoms with Gasteiger partial charge in [-0.15, -0.1) is 11.3 Å². The van der Waals surface area contributed by atoms with Crippen LogP contribution in [0.4, 0.5) is 13.2 Å². The van der Waals surface area contributed by atoms with E-state index in [0.29, 0.717) is 11.3 Å². The Morgan fingerprint density at radius 3 is 2.43 bits per heavy atom. The fraction of sp³-hybridized carbons (Fsp3) is 0.545. The number of hydrogen-bond acceptors (Lipinski definition) is 5. The van der Waals surface area contributed by atoms with Gasteiger partial charge in [0, 0.05) is 38.7 Å². The van der Waals surface area contributed by atoms with Crippen LogP contribution in [0.1, 0.15) is 11.3 Å². The second-order valence-corrected chi connectivity index (χ2v) is 8.25. The second-order valence-electron chi connectivity index (χ2n) is 4.79. The molecule has 0 aliphatic carbocycles. The van der Waals surface area contributed by atoms with E-state index < -0.39 is 21.7 Å². The minimum atomic E-state index is -4.57. The average Bonchev–Trinajstić information content (AvgIpc) is 2.94. The van der Waals surface area contributed by atoms with Crippen LogP contribution in [0.3, 0.4) is 0 Å². The van der Waals surface area contributed by atoms with Crippen molar-refractivity contribution < 1.29 is 21.6 Å². The monoisotopic (exact) mass is 341 g/mol. The Kier molecular flexibility index (Phi) is 3.83. The first kappa shape index (κ1) is 16.2. The first-order valence-corrected chi connectivity index (χ1v) is 8.15. The second kappa shape index (κ2) is 4.96. The molecule has 0 spiro atoms. The van der Waals surface area contributed by atoms with Gasteiger partial charge in [0.25, 0.3) is 10.0 Å². The zero-order valence-electron chi connectivity index (χ0n) is 11.5. The van der Waals surface area contributed by atoms with Gasteiger partial charge in [0.15, 0.2) is 5.54 Å². The van der Waals surface area contributed by atoms with Gasteiger partial charge >= 0.3 is 6.18 Å². The molecule has 1 atom stereocenters. The maximum atomic E-state index is 13.5. The molecule has 118 valence electrons. The third-order valence-corrected chi connectivity index (χ3v) is 6.91. The van der Waals surface area contributed by atoms with Gasteiger partial charge in [0.2, 0.25) is 0 Å². The molecule has 0 saturated carbocycles. The average molecular weight is 341 g/mol. The van der Waals surface area contributed by atoms with Gasteiger partial charge in [-0.3, -0.25) is 5.01 Å². The molecule has 0 fully saturated rings. The van der Waals surface area contributed by atoms with Crippen LogP contribution in [0.2, 0.25) is 0 Å². The topological polar surface area (TPSA) is 53.0 Å². The summed E-state index contributed by atoms with van der Waals surface area (Å²) in [6.45, 7) is 0. The summed E-state index contributed by atoms with van der Waals surface area (Å²) >= 11 is 0.624. The molecule has 0 aromatic carbocycles. The zero-order chi connectivity index (χ0) is 16.1. The standard InChI is InChI=1S/C11H14F3N3O2S2/c1-16(2)21(18,19)9-5-4-8(20-9)10(11(12,13)14)6-7-15-17(10)3/h4-5,7H,6H2,1-3H3. The summed E-state index contributed by atoms with van der Waals surface area (Å²) in [5.41, 5.74) is -2.29. The van der Waals surface area contributed by atoms with Gasteiger partial charge in [0.1, 0.15) is 4.21 Å². The normalized spacial score (nSPS) is 23.3. The Hall–Kier alpha value is -1.13. The van der Waals surface area contributed by atoms with Crippen molar-refractivity contribution in [1.82, 2.24) is 9.31 Å². The van der Waals surface area contributed by atoms with Crippen LogP contribution in [-0.2, 0) is 15.6 Å². The van der Waals surface area contributed by atoms with Crippen molar-refractivity contribution in [1.29, 1.82) is 0 Å². The van der Waals surface area contributed by atoms with E-state index in [-0.39, 0.29) is 15.5 Å². The highest BCUT2D eigenvalue weighted by Gasteiger charge is 2.61. The molecule has 0 bridgehead atoms. The minimum Gasteiger partial charge on any atom is -0.279 e. The Balaban J connectivity index is 2.54. The molecule has 1 aliphatic rings. The predicted molar refractivity (Wildman–Crippen MR) is 73.8 cm³/mol. The molecule has 0 N–H and O–H groups in total. The van der Waals surface area contributed by atoms with Crippen molar-refractivity contribution in [3.63, 3.8) is 0 Å². The molecule has 2 rings (SSSR count). The lowest BCUT2D eigenvalue weighted by Gasteiger charge is -2.36. The molecule has 1 aromatic rings. The fourth-order valence-electron chi connectivity index (χ4n) is 2.09. The highest BCUT2D eigenvalue weighted by molar-refractivity contribution is 7.91. The molecule has 2 heterocycles. The number of sulfonamides is 1. The number of halogens is 3. The predicted octanol–water partition coefficient (Wildman–Crippen LogP) is 2.08. The molecule has 21 heavy (non-hydrogen) atoms. The van der Waals surface area contributed by atoms with Crippen molar-refractivity contribution in [2.45, 2.75) is 22.3 Å². The summed E-state index contributed by atoms with van der Waals surface area (Å²) in [6.07, 6.45) is -3.72. The minimum absolute atomic E-state index is 0.0876. The maximum absolute atomic E-state index is 13.5. The molecule has 0 amide bonds. The van der Waals surface area contributed by atoms with Crippen LogP contribution in [0, 0.1) is 0 Å². The van der Waals surface area contributed by atoms with E-state index in [1.165, 1.54) is 39.5 Å². The van der Waals surface area contributed by atoms with Gasteiger partial charge in [-0.2, -0.15) is 18.3 Å². The Labute approximate surface area is 124 Å². The van der Waals surface area contributed by atoms with Crippen molar-refractivity contribution >= 4 is 27.6 Å². The smallest absolute Gasteiger partial charge is 0.279 e. The third kappa shape index (κ3) is 2.34. The molecule has 0 saturated heterocycles. The van der Waals surface area contributed by atoms with E-state index >= 15 is 0 Å². The van der Waals surface area contributed by atoms with E-state index in [1.54, 1.807) is 0 Å². The fourth-order valence-corrected chi connectivity index (χ4v) is 4.81. The van der Waals surface area contributed by atoms with Crippen LogP contribution in [0.5, 0.6) is 0 Å². The van der Waals surface area contributed by atoms with Crippen molar-refractivity contribution in [3.8, 4) is 0 Å². The highest BCUT2D eigenvalue weighted by Crippen LogP contribution is 2.50. The lowest BCUT2D eigenvalue weighted by atomic mass is 9.93. The Morgan fingerprint density at radius 1 is 1.38 bits per heavy atom. The summed E-state index contributed by atoms with van der Waals surface area (Å²) < 4.78 is 65.5. The first-order chi connectivity index (χ1) is 9.53. The molecular formula is C11H14F3N3O2S2. The van der Waals surface area contributed by atoms with E-state index in [0.717, 1.165) is 9.31 Å². The van der Waals surface area contributed by atoms with Crippen LogP contribution >= 0.6 is 11.3 Å². The van der Waals surface area contributed by atoms with E-state index in [4.69, 9.17) is 0 Å². The van der Waals surface area contributed by atoms with Gasteiger partial charge in [-0.05, 0) is 12.1 Å². The van der Waals surface area contributed by atoms with E-state index in [9.17, 15) is 21.6 Å². The summed E-state index contributed by atoms with van der Waals surface area (Å²) in [4.78, 5) is -0.0876. The molecular weight excluding hydrogens is 327 g/mol. The van der Waals surface area contributed by atoms with E-state index in [1.807, 2.05) is 0 Å². The molecule has 0 radical (unpaired) electrons. The highest BCUT2D eigenvalue weighted by atomic mass is 32.2. The van der Waals surface area contributed by atoms with Gasteiger partial charge in [-0.25, -0.2) is 12.7 Å². The lowest BCUT2D eigenvalue weighted by Crippen LogP contribution is -2.49. The summed E-state index contributed by atoms with van der Waals surface area (Å²) in [7, 11) is 0.148. The van der Waals surface area contributed by atoms with Gasteiger partial charge in [0.05, 0.1) is 0 Å². The van der Waals surface area contributed by atoms with Crippen LogP contribution < -0.4 is 0 Å². The summed E-state index contributed by atoms with van der Waals surface area (Å²) in [5, 5.41) is 4.51. The molecule has 1 aliphatic heterocycles. The largest absolute Gasteiger partial charge is 0.418 e. The quantitative estimate of drug-likeness (QED) is 0.846. The number of nitrogens with zero attached hydrogens (tertiary/aromatic N) is 3. The van der Waals surface area contributed by atoms with Crippen molar-refractivity contribution in [2.24, 2.45) is 5.10 Å². The number of rotatable bonds is 3. The van der Waals surface area contributed by atoms with Crippen LogP contribution in [-0.4, -0.2) is 51.3 Å². The number of alkyl halides is 3. The molecule has 10 heteroatoms. The van der Waals surface area contributed by atoms with Crippen LogP contribution in [0.15, 0.2) is 21.4 Å². The van der Waals surface area contributed by atoms with Crippen LogP contribution in [0.25, 0.3) is 0 Å². The van der Waals surface area contributed by atoms with Crippen molar-refractivity contribution in [3.05, 3.63) is 17.0 Å². The lowest BCUT2D eigenvalue weighted by molar-refractivity contribution is -0.226. The first-order valence-electron chi connectivity index (χ1n) is 5.89. The Bertz CT molecular complexity index is 666. The zero-order valence-corrected chi connectivity index (χ0v) is 13.2. The SMILES string of the molecule is CN1N=CCC1(c1ccc(S(=O)(=O)N(C)C)s1)C(F)(F)F. The maximum Gasteiger partial charge on any atom is 0.418 e. The molecule has 5 nitrogen and oxygen atoms in total. The van der Waals surface area contributed by atoms with E-state index in [2.05, 4.69) is 5.10 Å². The van der Waals surface area contributed by atoms with Crippen molar-refractivity contribution in [2.75, 3.05) is 21.1 Å². The number of hydrazone groups is 1. The van der Waals surface area contributed by atoms with Gasteiger partial charge < -0.3 is 0 Å². The molecule has 1 unspecified atom stereocenters. The summed E-state index contributed by atoms with van der Waals surface area (Å²) in [6, 6.07) is 2.41. The third-order valence-electron chi connectivity index (χ3n) is 3.39. The number of hydrogen-bond donors (Lipinski definition) is 0. The Morgan fingerprint density at radius 2 is 2.00 bits per heavy atom. The number of thiophene rings is 1. The van der Waals surface area contributed by atoms with Gasteiger partial charge in [-0.1, -0.05) is 0 Å².